The Morgan fingerprint density at radius 3 is 2.72 bits per heavy atom. The van der Waals surface area contributed by atoms with Crippen molar-refractivity contribution in [2.75, 3.05) is 37.6 Å². The number of fused-ring (bicyclic) bond motifs is 2. The van der Waals surface area contributed by atoms with Crippen molar-refractivity contribution in [1.29, 1.82) is 0 Å². The van der Waals surface area contributed by atoms with Gasteiger partial charge in [0.15, 0.2) is 5.65 Å². The van der Waals surface area contributed by atoms with Crippen LogP contribution in [0.1, 0.15) is 28.5 Å². The summed E-state index contributed by atoms with van der Waals surface area (Å²) in [4.78, 5) is 30.5. The summed E-state index contributed by atoms with van der Waals surface area (Å²) < 4.78 is 3.48. The highest BCUT2D eigenvalue weighted by molar-refractivity contribution is 6.30. The Morgan fingerprint density at radius 2 is 2.00 bits per heavy atom. The van der Waals surface area contributed by atoms with Gasteiger partial charge in [0.25, 0.3) is 11.5 Å². The maximum Gasteiger partial charge on any atom is 0.279 e. The van der Waals surface area contributed by atoms with Gasteiger partial charge in [0, 0.05) is 68.6 Å². The maximum atomic E-state index is 13.4. The molecule has 1 fully saturated rings. The molecule has 0 unspecified atom stereocenters. The fourth-order valence-corrected chi connectivity index (χ4v) is 4.86. The molecule has 0 radical (unpaired) electrons. The minimum absolute atomic E-state index is 0. The van der Waals surface area contributed by atoms with E-state index >= 15 is 0 Å². The smallest absolute Gasteiger partial charge is 0.279 e. The molecule has 5 rings (SSSR count). The number of carbonyl (C=O) groups excluding carboxylic acids is 1. The third kappa shape index (κ3) is 3.76. The van der Waals surface area contributed by atoms with Gasteiger partial charge in [-0.25, -0.2) is 0 Å². The van der Waals surface area contributed by atoms with E-state index in [1.165, 1.54) is 4.52 Å². The lowest BCUT2D eigenvalue weighted by molar-refractivity contribution is 0.0748. The molecular weight excluding hydrogens is 451 g/mol. The van der Waals surface area contributed by atoms with Crippen LogP contribution in [0.5, 0.6) is 0 Å². The number of anilines is 1. The van der Waals surface area contributed by atoms with E-state index in [2.05, 4.69) is 19.9 Å². The SMILES string of the molecule is CCn1c2c(c(=O)n3ncc(C(=O)N4CCN(c5cccc(Cl)c5)CC4)c13)CNCC2.Cl. The van der Waals surface area contributed by atoms with Crippen LogP contribution >= 0.6 is 24.0 Å². The van der Waals surface area contributed by atoms with Crippen LogP contribution in [-0.4, -0.2) is 57.7 Å². The van der Waals surface area contributed by atoms with E-state index in [1.807, 2.05) is 36.1 Å². The monoisotopic (exact) mass is 476 g/mol. The van der Waals surface area contributed by atoms with E-state index in [0.29, 0.717) is 42.4 Å². The maximum absolute atomic E-state index is 13.4. The van der Waals surface area contributed by atoms with Crippen LogP contribution < -0.4 is 15.8 Å². The topological polar surface area (TPSA) is 74.9 Å². The molecule has 0 atom stereocenters. The fraction of sp³-hybridized carbons (Fsp3) is 0.409. The number of aromatic nitrogens is 3. The van der Waals surface area contributed by atoms with Crippen LogP contribution in [0.3, 0.4) is 0 Å². The average Bonchev–Trinajstić information content (AvgIpc) is 3.24. The number of amides is 1. The van der Waals surface area contributed by atoms with Gasteiger partial charge in [-0.1, -0.05) is 17.7 Å². The average molecular weight is 477 g/mol. The third-order valence-electron chi connectivity index (χ3n) is 6.25. The van der Waals surface area contributed by atoms with Crippen molar-refractivity contribution < 1.29 is 4.79 Å². The second-order valence-electron chi connectivity index (χ2n) is 7.95. The molecule has 170 valence electrons. The van der Waals surface area contributed by atoms with Gasteiger partial charge in [-0.3, -0.25) is 9.59 Å². The van der Waals surface area contributed by atoms with Crippen LogP contribution in [-0.2, 0) is 19.5 Å². The fourth-order valence-electron chi connectivity index (χ4n) is 4.68. The summed E-state index contributed by atoms with van der Waals surface area (Å²) in [5.74, 6) is -0.0729. The first-order valence-corrected chi connectivity index (χ1v) is 11.1. The summed E-state index contributed by atoms with van der Waals surface area (Å²) in [5, 5.41) is 8.27. The van der Waals surface area contributed by atoms with Crippen molar-refractivity contribution in [1.82, 2.24) is 24.4 Å². The number of benzene rings is 1. The summed E-state index contributed by atoms with van der Waals surface area (Å²) in [5.41, 5.74) is 3.80. The number of rotatable bonds is 3. The number of hydrogen-bond acceptors (Lipinski definition) is 5. The predicted octanol–water partition coefficient (Wildman–Crippen LogP) is 2.20. The van der Waals surface area contributed by atoms with E-state index in [0.717, 1.165) is 43.0 Å². The van der Waals surface area contributed by atoms with Crippen molar-refractivity contribution in [3.05, 3.63) is 62.7 Å². The van der Waals surface area contributed by atoms with E-state index in [1.54, 1.807) is 6.20 Å². The minimum atomic E-state index is -0.133. The van der Waals surface area contributed by atoms with Gasteiger partial charge in [-0.05, 0) is 25.1 Å². The highest BCUT2D eigenvalue weighted by Gasteiger charge is 2.28. The van der Waals surface area contributed by atoms with Gasteiger partial charge in [0.2, 0.25) is 0 Å². The largest absolute Gasteiger partial charge is 0.368 e. The Bertz CT molecular complexity index is 1210. The summed E-state index contributed by atoms with van der Waals surface area (Å²) in [6, 6.07) is 7.78. The first-order chi connectivity index (χ1) is 15.1. The van der Waals surface area contributed by atoms with E-state index in [-0.39, 0.29) is 23.9 Å². The number of halogens is 2. The molecular formula is C22H26Cl2N6O2. The number of hydrogen-bond donors (Lipinski definition) is 1. The van der Waals surface area contributed by atoms with Crippen molar-refractivity contribution >= 4 is 41.2 Å². The molecule has 1 saturated heterocycles. The van der Waals surface area contributed by atoms with E-state index in [9.17, 15) is 9.59 Å². The highest BCUT2D eigenvalue weighted by atomic mass is 35.5. The van der Waals surface area contributed by atoms with Crippen molar-refractivity contribution in [3.63, 3.8) is 0 Å². The second kappa shape index (κ2) is 9.13. The Kier molecular flexibility index (Phi) is 6.46. The number of carbonyl (C=O) groups is 1. The molecule has 2 aromatic heterocycles. The van der Waals surface area contributed by atoms with Crippen molar-refractivity contribution in [3.8, 4) is 0 Å². The number of aryl methyl sites for hydroxylation is 1. The molecule has 1 aromatic carbocycles. The van der Waals surface area contributed by atoms with Crippen molar-refractivity contribution in [2.45, 2.75) is 26.4 Å². The number of nitrogens with one attached hydrogen (secondary N) is 1. The molecule has 0 bridgehead atoms. The van der Waals surface area contributed by atoms with Crippen LogP contribution in [0.2, 0.25) is 5.02 Å². The first-order valence-electron chi connectivity index (χ1n) is 10.7. The Balaban J connectivity index is 0.00000245. The standard InChI is InChI=1S/C22H25ClN6O2.ClH/c1-2-28-19-6-7-24-13-17(19)22(31)29-20(28)18(14-25-29)21(30)27-10-8-26(9-11-27)16-5-3-4-15(23)12-16;/h3-5,12,14,24H,2,6-11,13H2,1H3;1H. The summed E-state index contributed by atoms with van der Waals surface area (Å²) in [6.07, 6.45) is 2.32. The second-order valence-corrected chi connectivity index (χ2v) is 8.39. The Morgan fingerprint density at radius 1 is 1.22 bits per heavy atom. The normalized spacial score (nSPS) is 16.1. The van der Waals surface area contributed by atoms with E-state index < -0.39 is 0 Å². The Hall–Kier alpha value is -2.55. The molecule has 2 aliphatic rings. The molecule has 4 heterocycles. The molecule has 0 saturated carbocycles. The lowest BCUT2D eigenvalue weighted by Gasteiger charge is -2.36. The molecule has 1 amide bonds. The van der Waals surface area contributed by atoms with Gasteiger partial charge in [-0.2, -0.15) is 9.61 Å². The van der Waals surface area contributed by atoms with Gasteiger partial charge in [-0.15, -0.1) is 12.4 Å². The van der Waals surface area contributed by atoms with Gasteiger partial charge in [0.1, 0.15) is 5.56 Å². The third-order valence-corrected chi connectivity index (χ3v) is 6.49. The Labute approximate surface area is 197 Å². The van der Waals surface area contributed by atoms with Crippen LogP contribution in [0, 0.1) is 0 Å². The zero-order chi connectivity index (χ0) is 21.5. The number of piperazine rings is 1. The summed E-state index contributed by atoms with van der Waals surface area (Å²) >= 11 is 6.13. The molecule has 10 heteroatoms. The first kappa shape index (κ1) is 22.6. The zero-order valence-electron chi connectivity index (χ0n) is 17.9. The quantitative estimate of drug-likeness (QED) is 0.626. The van der Waals surface area contributed by atoms with E-state index in [4.69, 9.17) is 11.6 Å². The van der Waals surface area contributed by atoms with Crippen LogP contribution in [0.15, 0.2) is 35.3 Å². The van der Waals surface area contributed by atoms with Crippen LogP contribution in [0.4, 0.5) is 5.69 Å². The lowest BCUT2D eigenvalue weighted by Crippen LogP contribution is -2.49. The molecule has 2 aliphatic heterocycles. The predicted molar refractivity (Wildman–Crippen MR) is 127 cm³/mol. The summed E-state index contributed by atoms with van der Waals surface area (Å²) in [6.45, 7) is 6.75. The lowest BCUT2D eigenvalue weighted by atomic mass is 10.1. The molecule has 8 nitrogen and oxygen atoms in total. The van der Waals surface area contributed by atoms with Crippen molar-refractivity contribution in [2.24, 2.45) is 0 Å². The van der Waals surface area contributed by atoms with Gasteiger partial charge in [0.05, 0.1) is 11.8 Å². The number of nitrogens with zero attached hydrogens (tertiary/aromatic N) is 5. The van der Waals surface area contributed by atoms with Gasteiger partial charge < -0.3 is 19.7 Å². The molecule has 3 aromatic rings. The molecule has 1 N–H and O–H groups in total. The zero-order valence-corrected chi connectivity index (χ0v) is 19.5. The highest BCUT2D eigenvalue weighted by Crippen LogP contribution is 2.23. The minimum Gasteiger partial charge on any atom is -0.368 e. The molecule has 32 heavy (non-hydrogen) atoms. The molecule has 0 spiro atoms. The molecule has 0 aliphatic carbocycles. The van der Waals surface area contributed by atoms with Crippen LogP contribution in [0.25, 0.3) is 5.65 Å². The summed E-state index contributed by atoms with van der Waals surface area (Å²) in [7, 11) is 0. The van der Waals surface area contributed by atoms with Gasteiger partial charge >= 0.3 is 0 Å².